The lowest BCUT2D eigenvalue weighted by Crippen LogP contribution is -2.32. The molecule has 0 aromatic heterocycles. The van der Waals surface area contributed by atoms with Gasteiger partial charge in [-0.15, -0.1) is 11.8 Å². The van der Waals surface area contributed by atoms with Gasteiger partial charge >= 0.3 is 0 Å². The summed E-state index contributed by atoms with van der Waals surface area (Å²) in [7, 11) is 0. The normalized spacial score (nSPS) is 23.4. The van der Waals surface area contributed by atoms with Crippen molar-refractivity contribution in [3.63, 3.8) is 0 Å². The highest BCUT2D eigenvalue weighted by molar-refractivity contribution is 7.99. The van der Waals surface area contributed by atoms with Gasteiger partial charge in [0.05, 0.1) is 0 Å². The number of hydrogen-bond donors (Lipinski definition) is 1. The van der Waals surface area contributed by atoms with Gasteiger partial charge in [0.2, 0.25) is 0 Å². The minimum atomic E-state index is -0.151. The van der Waals surface area contributed by atoms with Crippen LogP contribution in [0, 0.1) is 11.7 Å². The zero-order valence-corrected chi connectivity index (χ0v) is 11.8. The van der Waals surface area contributed by atoms with E-state index in [-0.39, 0.29) is 5.82 Å². The lowest BCUT2D eigenvalue weighted by atomic mass is 10.0. The molecule has 1 saturated carbocycles. The van der Waals surface area contributed by atoms with Crippen LogP contribution in [0.2, 0.25) is 0 Å². The molecule has 2 atom stereocenters. The van der Waals surface area contributed by atoms with Crippen molar-refractivity contribution in [1.29, 1.82) is 0 Å². The molecular weight excluding hydrogens is 245 g/mol. The van der Waals surface area contributed by atoms with Crippen LogP contribution in [-0.4, -0.2) is 18.3 Å². The van der Waals surface area contributed by atoms with Gasteiger partial charge in [0.25, 0.3) is 0 Å². The van der Waals surface area contributed by atoms with E-state index >= 15 is 0 Å². The molecule has 0 spiro atoms. The summed E-state index contributed by atoms with van der Waals surface area (Å²) in [6.45, 7) is 3.26. The van der Waals surface area contributed by atoms with Crippen LogP contribution < -0.4 is 5.32 Å². The molecule has 1 aliphatic rings. The van der Waals surface area contributed by atoms with Crippen molar-refractivity contribution < 1.29 is 4.39 Å². The fourth-order valence-electron chi connectivity index (χ4n) is 2.77. The standard InChI is InChI=1S/C15H22FNS/c1-2-17-15-5-3-4-12(15)10-11-18-14-8-6-13(16)7-9-14/h6-9,12,15,17H,2-5,10-11H2,1H3. The molecule has 1 N–H and O–H groups in total. The monoisotopic (exact) mass is 267 g/mol. The van der Waals surface area contributed by atoms with Crippen LogP contribution in [0.15, 0.2) is 29.2 Å². The second kappa shape index (κ2) is 7.15. The first kappa shape index (κ1) is 13.9. The summed E-state index contributed by atoms with van der Waals surface area (Å²) >= 11 is 1.84. The third-order valence-electron chi connectivity index (χ3n) is 3.70. The van der Waals surface area contributed by atoms with Crippen LogP contribution in [0.5, 0.6) is 0 Å². The highest BCUT2D eigenvalue weighted by atomic mass is 32.2. The largest absolute Gasteiger partial charge is 0.314 e. The van der Waals surface area contributed by atoms with Gasteiger partial charge in [0, 0.05) is 10.9 Å². The molecule has 1 nitrogen and oxygen atoms in total. The summed E-state index contributed by atoms with van der Waals surface area (Å²) in [5, 5.41) is 3.59. The minimum Gasteiger partial charge on any atom is -0.314 e. The molecule has 18 heavy (non-hydrogen) atoms. The van der Waals surface area contributed by atoms with E-state index in [1.54, 1.807) is 12.1 Å². The maximum Gasteiger partial charge on any atom is 0.123 e. The molecule has 3 heteroatoms. The lowest BCUT2D eigenvalue weighted by Gasteiger charge is -2.20. The Morgan fingerprint density at radius 2 is 2.06 bits per heavy atom. The van der Waals surface area contributed by atoms with Gasteiger partial charge in [-0.2, -0.15) is 0 Å². The van der Waals surface area contributed by atoms with Gasteiger partial charge in [0.1, 0.15) is 5.82 Å². The topological polar surface area (TPSA) is 12.0 Å². The summed E-state index contributed by atoms with van der Waals surface area (Å²) in [4.78, 5) is 1.18. The fraction of sp³-hybridized carbons (Fsp3) is 0.600. The molecule has 0 bridgehead atoms. The van der Waals surface area contributed by atoms with Crippen molar-refractivity contribution in [1.82, 2.24) is 5.32 Å². The maximum absolute atomic E-state index is 12.8. The highest BCUT2D eigenvalue weighted by Gasteiger charge is 2.25. The number of rotatable bonds is 6. The van der Waals surface area contributed by atoms with Crippen molar-refractivity contribution in [3.05, 3.63) is 30.1 Å². The van der Waals surface area contributed by atoms with Gasteiger partial charge < -0.3 is 5.32 Å². The molecule has 1 aromatic rings. The van der Waals surface area contributed by atoms with Crippen LogP contribution in [0.3, 0.4) is 0 Å². The third kappa shape index (κ3) is 3.99. The van der Waals surface area contributed by atoms with Crippen LogP contribution in [-0.2, 0) is 0 Å². The third-order valence-corrected chi connectivity index (χ3v) is 4.74. The Morgan fingerprint density at radius 3 is 2.78 bits per heavy atom. The van der Waals surface area contributed by atoms with Crippen LogP contribution in [0.4, 0.5) is 4.39 Å². The number of halogens is 1. The van der Waals surface area contributed by atoms with Gasteiger partial charge in [-0.25, -0.2) is 4.39 Å². The van der Waals surface area contributed by atoms with Crippen molar-refractivity contribution >= 4 is 11.8 Å². The van der Waals surface area contributed by atoms with E-state index in [1.807, 2.05) is 23.9 Å². The number of thioether (sulfide) groups is 1. The Morgan fingerprint density at radius 1 is 1.28 bits per heavy atom. The van der Waals surface area contributed by atoms with Gasteiger partial charge in [-0.05, 0) is 61.7 Å². The average Bonchev–Trinajstić information content (AvgIpc) is 2.80. The zero-order chi connectivity index (χ0) is 12.8. The molecule has 1 aliphatic carbocycles. The molecule has 2 unspecified atom stereocenters. The summed E-state index contributed by atoms with van der Waals surface area (Å²) in [5.41, 5.74) is 0. The Balaban J connectivity index is 1.73. The predicted octanol–water partition coefficient (Wildman–Crippen LogP) is 4.09. The first-order chi connectivity index (χ1) is 8.79. The number of nitrogens with one attached hydrogen (secondary N) is 1. The van der Waals surface area contributed by atoms with E-state index in [9.17, 15) is 4.39 Å². The van der Waals surface area contributed by atoms with Crippen LogP contribution >= 0.6 is 11.8 Å². The molecule has 0 radical (unpaired) electrons. The molecule has 1 fully saturated rings. The van der Waals surface area contributed by atoms with Gasteiger partial charge in [-0.3, -0.25) is 0 Å². The Hall–Kier alpha value is -0.540. The van der Waals surface area contributed by atoms with Crippen molar-refractivity contribution in [2.24, 2.45) is 5.92 Å². The molecule has 0 heterocycles. The van der Waals surface area contributed by atoms with E-state index in [0.29, 0.717) is 0 Å². The second-order valence-electron chi connectivity index (χ2n) is 4.95. The predicted molar refractivity (Wildman–Crippen MR) is 76.5 cm³/mol. The fourth-order valence-corrected chi connectivity index (χ4v) is 3.76. The molecule has 0 aliphatic heterocycles. The number of benzene rings is 1. The van der Waals surface area contributed by atoms with Gasteiger partial charge in [0.15, 0.2) is 0 Å². The average molecular weight is 267 g/mol. The summed E-state index contributed by atoms with van der Waals surface area (Å²) in [5.74, 6) is 1.82. The van der Waals surface area contributed by atoms with E-state index in [4.69, 9.17) is 0 Å². The molecule has 1 aromatic carbocycles. The van der Waals surface area contributed by atoms with Crippen molar-refractivity contribution in [2.75, 3.05) is 12.3 Å². The molecule has 0 amide bonds. The molecule has 2 rings (SSSR count). The lowest BCUT2D eigenvalue weighted by molar-refractivity contribution is 0.400. The van der Waals surface area contributed by atoms with E-state index in [2.05, 4.69) is 12.2 Å². The maximum atomic E-state index is 12.8. The molecule has 0 saturated heterocycles. The van der Waals surface area contributed by atoms with Crippen molar-refractivity contribution in [2.45, 2.75) is 43.5 Å². The van der Waals surface area contributed by atoms with E-state index in [0.717, 1.165) is 24.3 Å². The second-order valence-corrected chi connectivity index (χ2v) is 6.11. The first-order valence-corrected chi connectivity index (χ1v) is 7.90. The minimum absolute atomic E-state index is 0.151. The van der Waals surface area contributed by atoms with Crippen LogP contribution in [0.1, 0.15) is 32.6 Å². The Labute approximate surface area is 114 Å². The molecule has 100 valence electrons. The van der Waals surface area contributed by atoms with Crippen molar-refractivity contribution in [3.8, 4) is 0 Å². The smallest absolute Gasteiger partial charge is 0.123 e. The zero-order valence-electron chi connectivity index (χ0n) is 11.0. The number of hydrogen-bond acceptors (Lipinski definition) is 2. The Kier molecular flexibility index (Phi) is 5.51. The van der Waals surface area contributed by atoms with E-state index in [1.165, 1.54) is 30.6 Å². The quantitative estimate of drug-likeness (QED) is 0.779. The first-order valence-electron chi connectivity index (χ1n) is 6.91. The SMILES string of the molecule is CCNC1CCCC1CCSc1ccc(F)cc1. The Bertz CT molecular complexity index is 352. The van der Waals surface area contributed by atoms with Gasteiger partial charge in [-0.1, -0.05) is 13.3 Å². The summed E-state index contributed by atoms with van der Waals surface area (Å²) in [6, 6.07) is 7.55. The highest BCUT2D eigenvalue weighted by Crippen LogP contribution is 2.30. The van der Waals surface area contributed by atoms with E-state index < -0.39 is 0 Å². The molecular formula is C15H22FNS. The summed E-state index contributed by atoms with van der Waals surface area (Å²) in [6.07, 6.45) is 5.32. The summed E-state index contributed by atoms with van der Waals surface area (Å²) < 4.78 is 12.8. The van der Waals surface area contributed by atoms with Crippen LogP contribution in [0.25, 0.3) is 0 Å².